The maximum absolute atomic E-state index is 13.6. The summed E-state index contributed by atoms with van der Waals surface area (Å²) in [6.45, 7) is 1.81. The highest BCUT2D eigenvalue weighted by Gasteiger charge is 2.41. The number of carboxylic acid groups (broad SMARTS) is 1. The van der Waals surface area contributed by atoms with E-state index in [0.717, 1.165) is 6.07 Å². The second-order valence-corrected chi connectivity index (χ2v) is 11.1. The molecule has 0 saturated carbocycles. The number of rotatable bonds is 8. The summed E-state index contributed by atoms with van der Waals surface area (Å²) in [7, 11) is -4.88. The van der Waals surface area contributed by atoms with E-state index in [2.05, 4.69) is 10.6 Å². The van der Waals surface area contributed by atoms with Gasteiger partial charge in [-0.3, -0.25) is 19.3 Å². The van der Waals surface area contributed by atoms with Crippen LogP contribution >= 0.6 is 0 Å². The minimum absolute atomic E-state index is 0.0623. The summed E-state index contributed by atoms with van der Waals surface area (Å²) in [4.78, 5) is 64.8. The normalized spacial score (nSPS) is 17.5. The number of benzene rings is 2. The van der Waals surface area contributed by atoms with Crippen LogP contribution in [0.15, 0.2) is 41.3 Å². The number of piperazine rings is 1. The lowest BCUT2D eigenvalue weighted by atomic mass is 9.72. The molecule has 2 aromatic carbocycles. The van der Waals surface area contributed by atoms with Crippen LogP contribution in [-0.4, -0.2) is 97.9 Å². The number of carboxylic acids is 1. The molecule has 1 saturated heterocycles. The Bertz CT molecular complexity index is 1600. The third-order valence-corrected chi connectivity index (χ3v) is 7.90. The van der Waals surface area contributed by atoms with Gasteiger partial charge in [0.2, 0.25) is 15.9 Å². The lowest BCUT2D eigenvalue weighted by Crippen LogP contribution is -2.60. The van der Waals surface area contributed by atoms with Gasteiger partial charge in [-0.2, -0.15) is 0 Å². The highest BCUT2D eigenvalue weighted by molar-refractivity contribution is 7.89. The molecule has 0 aliphatic carbocycles. The number of urea groups is 1. The van der Waals surface area contributed by atoms with Crippen LogP contribution in [0.2, 0.25) is 0 Å². The van der Waals surface area contributed by atoms with Crippen LogP contribution in [0.4, 0.5) is 4.79 Å². The number of aromatic carboxylic acids is 1. The molecule has 16 nitrogen and oxygen atoms in total. The van der Waals surface area contributed by atoms with E-state index in [-0.39, 0.29) is 48.7 Å². The average Bonchev–Trinajstić information content (AvgIpc) is 2.96. The predicted molar refractivity (Wildman–Crippen MR) is 147 cm³/mol. The Morgan fingerprint density at radius 1 is 1.19 bits per heavy atom. The minimum atomic E-state index is -4.37. The number of imide groups is 1. The first-order valence-electron chi connectivity index (χ1n) is 12.9. The van der Waals surface area contributed by atoms with Crippen LogP contribution < -0.4 is 25.2 Å². The fraction of sp³-hybridized carbons (Fsp3) is 0.320. The average molecular weight is 617 g/mol. The van der Waals surface area contributed by atoms with Gasteiger partial charge in [-0.15, -0.1) is 0 Å². The molecule has 4 rings (SSSR count). The highest BCUT2D eigenvalue weighted by atomic mass is 32.2. The van der Waals surface area contributed by atoms with Crippen LogP contribution in [-0.2, 0) is 30.8 Å². The summed E-state index contributed by atoms with van der Waals surface area (Å²) in [6, 6.07) is 5.01. The molecule has 2 atom stereocenters. The molecular formula is C25H28BN5O11S. The summed E-state index contributed by atoms with van der Waals surface area (Å²) in [5.41, 5.74) is 0.0824. The number of fused-ring (bicyclic) bond motifs is 1. The van der Waals surface area contributed by atoms with Gasteiger partial charge < -0.3 is 35.1 Å². The van der Waals surface area contributed by atoms with Crippen molar-refractivity contribution in [1.29, 1.82) is 0 Å². The molecule has 18 heteroatoms. The number of sulfonamides is 1. The Balaban J connectivity index is 1.66. The third-order valence-electron chi connectivity index (χ3n) is 6.97. The molecule has 0 radical (unpaired) electrons. The largest absolute Gasteiger partial charge is 0.547 e. The van der Waals surface area contributed by atoms with Crippen molar-refractivity contribution in [2.45, 2.75) is 30.2 Å². The number of para-hydroxylation sites is 1. The molecule has 2 heterocycles. The fourth-order valence-electron chi connectivity index (χ4n) is 4.75. The summed E-state index contributed by atoms with van der Waals surface area (Å²) in [5.74, 6) is -5.63. The van der Waals surface area contributed by atoms with E-state index >= 15 is 0 Å². The number of methoxy groups -OCH3 is 1. The van der Waals surface area contributed by atoms with Crippen molar-refractivity contribution in [1.82, 2.24) is 20.4 Å². The van der Waals surface area contributed by atoms with E-state index in [0.29, 0.717) is 10.5 Å². The number of likely N-dealkylation sites (N-methyl/N-ethyl adjacent to an activating group) is 1. The van der Waals surface area contributed by atoms with Gasteiger partial charge in [-0.1, -0.05) is 18.2 Å². The summed E-state index contributed by atoms with van der Waals surface area (Å²) in [6.07, 6.45) is -0.0684. The summed E-state index contributed by atoms with van der Waals surface area (Å²) >= 11 is 0. The van der Waals surface area contributed by atoms with Gasteiger partial charge >= 0.3 is 30.9 Å². The van der Waals surface area contributed by atoms with Crippen LogP contribution in [0.5, 0.6) is 11.5 Å². The van der Waals surface area contributed by atoms with Gasteiger partial charge in [0, 0.05) is 19.6 Å². The molecule has 0 spiro atoms. The van der Waals surface area contributed by atoms with Gasteiger partial charge in [0.25, 0.3) is 0 Å². The maximum atomic E-state index is 13.6. The number of hydrogen-bond acceptors (Lipinski definition) is 10. The van der Waals surface area contributed by atoms with Crippen molar-refractivity contribution in [3.05, 3.63) is 53.1 Å². The second kappa shape index (κ2) is 12.3. The first-order valence-corrected chi connectivity index (χ1v) is 14.4. The van der Waals surface area contributed by atoms with E-state index in [1.54, 1.807) is 13.0 Å². The van der Waals surface area contributed by atoms with E-state index in [4.69, 9.17) is 14.5 Å². The van der Waals surface area contributed by atoms with Crippen LogP contribution in [0.1, 0.15) is 34.5 Å². The number of ether oxygens (including phenoxy) is 1. The fourth-order valence-corrected chi connectivity index (χ4v) is 5.48. The molecule has 1 unspecified atom stereocenters. The van der Waals surface area contributed by atoms with E-state index in [1.807, 2.05) is 0 Å². The van der Waals surface area contributed by atoms with Crippen LogP contribution in [0.25, 0.3) is 0 Å². The third kappa shape index (κ3) is 6.40. The number of nitrogens with one attached hydrogen (secondary N) is 2. The number of hydrogen-bond donors (Lipinski definition) is 5. The van der Waals surface area contributed by atoms with Crippen molar-refractivity contribution in [3.8, 4) is 11.5 Å². The summed E-state index contributed by atoms with van der Waals surface area (Å²) < 4.78 is 34.9. The van der Waals surface area contributed by atoms with E-state index < -0.39 is 63.7 Å². The lowest BCUT2D eigenvalue weighted by Gasteiger charge is -2.33. The van der Waals surface area contributed by atoms with Crippen molar-refractivity contribution in [2.75, 3.05) is 26.7 Å². The van der Waals surface area contributed by atoms with Crippen molar-refractivity contribution >= 4 is 46.9 Å². The van der Waals surface area contributed by atoms with Crippen LogP contribution in [0.3, 0.4) is 0 Å². The van der Waals surface area contributed by atoms with Crippen molar-refractivity contribution in [2.24, 2.45) is 5.14 Å². The standard InChI is InChI=1S/C25H28BN5O11S/c1-3-30-9-10-31(23(34)22(30)33)25(37)29-19(13-7-8-16(41-2)17(11-13)43(27,39)40)21(32)28-18-12-14-5-4-6-15(24(35)36)20(14)42-26(18)38/h4-8,11,18-19,38H,3,9-10,12H2,1-2H3,(H,28,32)(H,29,37)(H,35,36)(H2,27,39,40)/t18-,19?/m0/s1. The summed E-state index contributed by atoms with van der Waals surface area (Å²) in [5, 5.41) is 30.2. The molecule has 228 valence electrons. The number of carbonyl (C=O) groups is 5. The zero-order chi connectivity index (χ0) is 31.6. The Hall–Kier alpha value is -4.68. The van der Waals surface area contributed by atoms with Gasteiger partial charge in [-0.25, -0.2) is 23.1 Å². The Morgan fingerprint density at radius 3 is 2.53 bits per heavy atom. The number of carbonyl (C=O) groups excluding carboxylic acids is 4. The lowest BCUT2D eigenvalue weighted by molar-refractivity contribution is -0.153. The van der Waals surface area contributed by atoms with Crippen LogP contribution in [0, 0.1) is 0 Å². The second-order valence-electron chi connectivity index (χ2n) is 9.61. The topological polar surface area (TPSA) is 235 Å². The Labute approximate surface area is 245 Å². The zero-order valence-corrected chi connectivity index (χ0v) is 23.8. The molecule has 6 N–H and O–H groups in total. The van der Waals surface area contributed by atoms with Gasteiger partial charge in [0.1, 0.15) is 22.4 Å². The molecule has 0 aromatic heterocycles. The van der Waals surface area contributed by atoms with Crippen molar-refractivity contribution in [3.63, 3.8) is 0 Å². The first-order chi connectivity index (χ1) is 20.3. The SMILES string of the molecule is CCN1CCN(C(=O)NC(C(=O)N[C@H]2Cc3cccc(C(=O)O)c3OB2O)c2ccc(OC)c(S(N)(=O)=O)c2)C(=O)C1=O. The molecule has 5 amide bonds. The number of nitrogens with zero attached hydrogens (tertiary/aromatic N) is 2. The zero-order valence-electron chi connectivity index (χ0n) is 23.0. The molecule has 2 aromatic rings. The Morgan fingerprint density at radius 2 is 1.91 bits per heavy atom. The molecular weight excluding hydrogens is 589 g/mol. The molecule has 2 aliphatic heterocycles. The van der Waals surface area contributed by atoms with Gasteiger partial charge in [-0.05, 0) is 42.7 Å². The smallest absolute Gasteiger partial charge is 0.534 e. The molecule has 43 heavy (non-hydrogen) atoms. The van der Waals surface area contributed by atoms with Crippen molar-refractivity contribution < 1.29 is 51.9 Å². The Kier molecular flexibility index (Phi) is 8.93. The molecule has 0 bridgehead atoms. The minimum Gasteiger partial charge on any atom is -0.534 e. The highest BCUT2D eigenvalue weighted by Crippen LogP contribution is 2.31. The van der Waals surface area contributed by atoms with Gasteiger partial charge in [0.15, 0.2) is 0 Å². The number of nitrogens with two attached hydrogens (primary N) is 1. The van der Waals surface area contributed by atoms with E-state index in [9.17, 15) is 42.5 Å². The monoisotopic (exact) mass is 617 g/mol. The van der Waals surface area contributed by atoms with Gasteiger partial charge in [0.05, 0.1) is 18.6 Å². The molecule has 2 aliphatic rings. The maximum Gasteiger partial charge on any atom is 0.547 e. The first kappa shape index (κ1) is 31.3. The predicted octanol–water partition coefficient (Wildman–Crippen LogP) is -1.38. The number of primary sulfonamides is 1. The number of amides is 5. The van der Waals surface area contributed by atoms with E-state index in [1.165, 1.54) is 36.3 Å². The molecule has 1 fully saturated rings. The quantitative estimate of drug-likeness (QED) is 0.171.